The molecule has 1 aromatic rings. The molecule has 8 nitrogen and oxygen atoms in total. The van der Waals surface area contributed by atoms with E-state index in [1.54, 1.807) is 43.3 Å². The van der Waals surface area contributed by atoms with E-state index in [1.807, 2.05) is 0 Å². The largest absolute Gasteiger partial charge is 0.497 e. The van der Waals surface area contributed by atoms with Crippen molar-refractivity contribution in [2.45, 2.75) is 30.7 Å². The van der Waals surface area contributed by atoms with Crippen LogP contribution in [0.25, 0.3) is 0 Å². The monoisotopic (exact) mass is 339 g/mol. The number of carbonyl (C=O) groups excluding carboxylic acids is 1. The number of hydrogen-bond acceptors (Lipinski definition) is 6. The van der Waals surface area contributed by atoms with E-state index in [-0.39, 0.29) is 12.6 Å². The van der Waals surface area contributed by atoms with Crippen LogP contribution in [-0.4, -0.2) is 72.7 Å². The number of primary amides is 1. The maximum Gasteiger partial charge on any atom is 0.312 e. The maximum absolute atomic E-state index is 11.2. The summed E-state index contributed by atoms with van der Waals surface area (Å²) in [5.74, 6) is 1.22. The summed E-state index contributed by atoms with van der Waals surface area (Å²) in [5, 5.41) is 22.4. The Kier molecular flexibility index (Phi) is 6.24. The molecule has 0 aromatic heterocycles. The van der Waals surface area contributed by atoms with Crippen LogP contribution < -0.4 is 20.5 Å². The molecule has 24 heavy (non-hydrogen) atoms. The third-order valence-corrected chi connectivity index (χ3v) is 4.25. The summed E-state index contributed by atoms with van der Waals surface area (Å²) in [6, 6.07) is 5.67. The van der Waals surface area contributed by atoms with Gasteiger partial charge in [-0.25, -0.2) is 4.79 Å². The van der Waals surface area contributed by atoms with E-state index >= 15 is 0 Å². The summed E-state index contributed by atoms with van der Waals surface area (Å²) in [7, 11) is 3.34. The van der Waals surface area contributed by atoms with Crippen molar-refractivity contribution in [3.8, 4) is 11.5 Å². The Bertz CT molecular complexity index is 556. The molecule has 1 aliphatic rings. The van der Waals surface area contributed by atoms with Crippen LogP contribution in [0, 0.1) is 0 Å². The van der Waals surface area contributed by atoms with Crippen LogP contribution in [-0.2, 0) is 0 Å². The first-order valence-electron chi connectivity index (χ1n) is 7.82. The lowest BCUT2D eigenvalue weighted by atomic mass is 10.1. The van der Waals surface area contributed by atoms with Gasteiger partial charge in [0.25, 0.3) is 0 Å². The van der Waals surface area contributed by atoms with Gasteiger partial charge in [0.1, 0.15) is 23.7 Å². The molecule has 1 aliphatic carbocycles. The van der Waals surface area contributed by atoms with Gasteiger partial charge in [0.05, 0.1) is 25.8 Å². The molecule has 2 rings (SSSR count). The standard InChI is InChI=1S/C16H25N3O5/c1-19(6-7-20)14-12(18-16(17)22)9-13(15(14)21)24-11-5-3-4-10(8-11)23-2/h3-5,8,12-15,20-21H,6-7,9H2,1-2H3,(H3,17,18,22)/t12-,13-,14+,15+/m1/s1. The molecule has 5 N–H and O–H groups in total. The smallest absolute Gasteiger partial charge is 0.312 e. The van der Waals surface area contributed by atoms with Gasteiger partial charge in [-0.2, -0.15) is 0 Å². The molecule has 2 amide bonds. The minimum atomic E-state index is -0.843. The zero-order valence-electron chi connectivity index (χ0n) is 13.9. The molecule has 4 atom stereocenters. The Balaban J connectivity index is 2.14. The quantitative estimate of drug-likeness (QED) is 0.534. The maximum atomic E-state index is 11.2. The summed E-state index contributed by atoms with van der Waals surface area (Å²) in [6.45, 7) is 0.314. The van der Waals surface area contributed by atoms with Crippen LogP contribution in [0.5, 0.6) is 11.5 Å². The average Bonchev–Trinajstić information content (AvgIpc) is 2.82. The molecule has 0 unspecified atom stereocenters. The van der Waals surface area contributed by atoms with E-state index in [9.17, 15) is 9.90 Å². The number of ether oxygens (including phenoxy) is 2. The van der Waals surface area contributed by atoms with E-state index < -0.39 is 24.3 Å². The van der Waals surface area contributed by atoms with Gasteiger partial charge in [-0.05, 0) is 19.2 Å². The van der Waals surface area contributed by atoms with Gasteiger partial charge in [0.2, 0.25) is 0 Å². The number of likely N-dealkylation sites (N-methyl/N-ethyl adjacent to an activating group) is 1. The molecule has 0 saturated heterocycles. The molecule has 1 aromatic carbocycles. The average molecular weight is 339 g/mol. The SMILES string of the molecule is COc1cccc(O[C@@H]2C[C@@H](NC(N)=O)[C@H](N(C)CCO)[C@H]2O)c1. The normalized spacial score (nSPS) is 26.4. The Morgan fingerprint density at radius 1 is 1.46 bits per heavy atom. The number of aliphatic hydroxyl groups is 2. The number of nitrogens with one attached hydrogen (secondary N) is 1. The van der Waals surface area contributed by atoms with Crippen LogP contribution in [0.1, 0.15) is 6.42 Å². The van der Waals surface area contributed by atoms with E-state index in [4.69, 9.17) is 20.3 Å². The summed E-state index contributed by atoms with van der Waals surface area (Å²) >= 11 is 0. The van der Waals surface area contributed by atoms with Gasteiger partial charge < -0.3 is 30.7 Å². The lowest BCUT2D eigenvalue weighted by Gasteiger charge is -2.31. The molecule has 1 fully saturated rings. The number of carbonyl (C=O) groups is 1. The van der Waals surface area contributed by atoms with Gasteiger partial charge in [-0.15, -0.1) is 0 Å². The van der Waals surface area contributed by atoms with Gasteiger partial charge in [0, 0.05) is 19.0 Å². The Labute approximate surface area is 141 Å². The molecule has 0 spiro atoms. The first-order valence-corrected chi connectivity index (χ1v) is 7.82. The second-order valence-electron chi connectivity index (χ2n) is 5.87. The number of amides is 2. The summed E-state index contributed by atoms with van der Waals surface area (Å²) in [6.07, 6.45) is -0.952. The van der Waals surface area contributed by atoms with Crippen LogP contribution in [0.4, 0.5) is 4.79 Å². The summed E-state index contributed by atoms with van der Waals surface area (Å²) in [4.78, 5) is 13.0. The van der Waals surface area contributed by atoms with E-state index in [1.165, 1.54) is 0 Å². The molecular weight excluding hydrogens is 314 g/mol. The number of urea groups is 1. The van der Waals surface area contributed by atoms with Crippen molar-refractivity contribution < 1.29 is 24.5 Å². The van der Waals surface area contributed by atoms with Crippen molar-refractivity contribution in [1.82, 2.24) is 10.2 Å². The number of methoxy groups -OCH3 is 1. The number of hydrogen-bond donors (Lipinski definition) is 4. The minimum absolute atomic E-state index is 0.0512. The van der Waals surface area contributed by atoms with Gasteiger partial charge in [0.15, 0.2) is 0 Å². The first-order chi connectivity index (χ1) is 11.5. The van der Waals surface area contributed by atoms with Crippen LogP contribution in [0.2, 0.25) is 0 Å². The fourth-order valence-electron chi connectivity index (χ4n) is 3.16. The molecule has 1 saturated carbocycles. The third-order valence-electron chi connectivity index (χ3n) is 4.25. The second-order valence-corrected chi connectivity index (χ2v) is 5.87. The van der Waals surface area contributed by atoms with Crippen molar-refractivity contribution in [2.24, 2.45) is 5.73 Å². The van der Waals surface area contributed by atoms with Crippen molar-refractivity contribution in [1.29, 1.82) is 0 Å². The zero-order valence-corrected chi connectivity index (χ0v) is 13.9. The van der Waals surface area contributed by atoms with Gasteiger partial charge in [-0.3, -0.25) is 4.90 Å². The highest BCUT2D eigenvalue weighted by atomic mass is 16.5. The van der Waals surface area contributed by atoms with Crippen molar-refractivity contribution in [3.05, 3.63) is 24.3 Å². The van der Waals surface area contributed by atoms with Crippen molar-refractivity contribution in [3.63, 3.8) is 0 Å². The zero-order chi connectivity index (χ0) is 17.7. The number of benzene rings is 1. The number of nitrogens with zero attached hydrogens (tertiary/aromatic N) is 1. The summed E-state index contributed by atoms with van der Waals surface area (Å²) in [5.41, 5.74) is 5.23. The van der Waals surface area contributed by atoms with E-state index in [2.05, 4.69) is 5.32 Å². The highest BCUT2D eigenvalue weighted by Crippen LogP contribution is 2.30. The van der Waals surface area contributed by atoms with Crippen molar-refractivity contribution >= 4 is 6.03 Å². The highest BCUT2D eigenvalue weighted by molar-refractivity contribution is 5.72. The molecule has 8 heteroatoms. The fraction of sp³-hybridized carbons (Fsp3) is 0.562. The molecule has 0 aliphatic heterocycles. The highest BCUT2D eigenvalue weighted by Gasteiger charge is 2.46. The van der Waals surface area contributed by atoms with Crippen molar-refractivity contribution in [2.75, 3.05) is 27.3 Å². The first kappa shape index (κ1) is 18.3. The molecular formula is C16H25N3O5. The topological polar surface area (TPSA) is 117 Å². The lowest BCUT2D eigenvalue weighted by molar-refractivity contribution is 0.0113. The molecule has 0 heterocycles. The number of aliphatic hydroxyl groups excluding tert-OH is 2. The number of nitrogens with two attached hydrogens (primary N) is 1. The predicted octanol–water partition coefficient (Wildman–Crippen LogP) is -0.463. The molecule has 0 radical (unpaired) electrons. The Morgan fingerprint density at radius 2 is 2.17 bits per heavy atom. The lowest BCUT2D eigenvalue weighted by Crippen LogP contribution is -2.53. The van der Waals surface area contributed by atoms with Gasteiger partial charge >= 0.3 is 6.03 Å². The second kappa shape index (κ2) is 8.18. The van der Waals surface area contributed by atoms with Crippen LogP contribution in [0.15, 0.2) is 24.3 Å². The van der Waals surface area contributed by atoms with Crippen LogP contribution >= 0.6 is 0 Å². The van der Waals surface area contributed by atoms with E-state index in [0.717, 1.165) is 0 Å². The minimum Gasteiger partial charge on any atom is -0.497 e. The predicted molar refractivity (Wildman–Crippen MR) is 88.0 cm³/mol. The fourth-order valence-corrected chi connectivity index (χ4v) is 3.16. The van der Waals surface area contributed by atoms with Gasteiger partial charge in [-0.1, -0.05) is 6.07 Å². The third kappa shape index (κ3) is 4.28. The van der Waals surface area contributed by atoms with E-state index in [0.29, 0.717) is 24.5 Å². The Morgan fingerprint density at radius 3 is 2.79 bits per heavy atom. The summed E-state index contributed by atoms with van der Waals surface area (Å²) < 4.78 is 11.0. The van der Waals surface area contributed by atoms with Crippen LogP contribution in [0.3, 0.4) is 0 Å². The number of rotatable bonds is 7. The Hall–Kier alpha value is -2.03. The molecule has 0 bridgehead atoms. The molecule has 134 valence electrons.